The molecule has 106 valence electrons. The minimum absolute atomic E-state index is 0.0239. The lowest BCUT2D eigenvalue weighted by Gasteiger charge is -2.14. The summed E-state index contributed by atoms with van der Waals surface area (Å²) in [4.78, 5) is 16.7. The number of para-hydroxylation sites is 1. The Morgan fingerprint density at radius 3 is 2.60 bits per heavy atom. The fourth-order valence-corrected chi connectivity index (χ4v) is 2.60. The first-order valence-electron chi connectivity index (χ1n) is 6.32. The lowest BCUT2D eigenvalue weighted by molar-refractivity contribution is 0.102. The first-order chi connectivity index (χ1) is 9.41. The predicted molar refractivity (Wildman–Crippen MR) is 81.8 cm³/mol. The maximum Gasteiger partial charge on any atom is 0.261 e. The van der Waals surface area contributed by atoms with Crippen LogP contribution in [0.2, 0.25) is 0 Å². The van der Waals surface area contributed by atoms with Crippen molar-refractivity contribution in [3.63, 3.8) is 0 Å². The summed E-state index contributed by atoms with van der Waals surface area (Å²) in [7, 11) is 1.55. The van der Waals surface area contributed by atoms with Gasteiger partial charge in [-0.2, -0.15) is 0 Å². The molecule has 0 aliphatic heterocycles. The molecule has 4 nitrogen and oxygen atoms in total. The van der Waals surface area contributed by atoms with Crippen LogP contribution in [0.25, 0.3) is 0 Å². The van der Waals surface area contributed by atoms with Gasteiger partial charge in [0, 0.05) is 10.8 Å². The SMILES string of the molecule is COc1ccccc1C(=O)Nc1nc(C(C)(C)C)cs1. The molecule has 0 aliphatic rings. The molecule has 0 fully saturated rings. The fourth-order valence-electron chi connectivity index (χ4n) is 1.67. The van der Waals surface area contributed by atoms with Crippen molar-refractivity contribution in [3.05, 3.63) is 40.9 Å². The van der Waals surface area contributed by atoms with Crippen LogP contribution in [0.15, 0.2) is 29.6 Å². The number of ether oxygens (including phenoxy) is 1. The van der Waals surface area contributed by atoms with E-state index in [2.05, 4.69) is 31.1 Å². The van der Waals surface area contributed by atoms with Crippen LogP contribution in [0.5, 0.6) is 5.75 Å². The Hall–Kier alpha value is -1.88. The number of hydrogen-bond acceptors (Lipinski definition) is 4. The number of nitrogens with one attached hydrogen (secondary N) is 1. The van der Waals surface area contributed by atoms with Crippen molar-refractivity contribution >= 4 is 22.4 Å². The zero-order valence-electron chi connectivity index (χ0n) is 12.1. The molecule has 0 saturated carbocycles. The molecule has 0 radical (unpaired) electrons. The van der Waals surface area contributed by atoms with Gasteiger partial charge in [0.2, 0.25) is 0 Å². The second-order valence-electron chi connectivity index (χ2n) is 5.44. The fraction of sp³-hybridized carbons (Fsp3) is 0.333. The molecule has 1 amide bonds. The number of rotatable bonds is 3. The molecular weight excluding hydrogens is 272 g/mol. The van der Waals surface area contributed by atoms with E-state index in [1.807, 2.05) is 11.4 Å². The van der Waals surface area contributed by atoms with Crippen LogP contribution >= 0.6 is 11.3 Å². The molecule has 1 heterocycles. The third-order valence-electron chi connectivity index (χ3n) is 2.84. The maximum atomic E-state index is 12.2. The van der Waals surface area contributed by atoms with Gasteiger partial charge in [-0.15, -0.1) is 11.3 Å². The summed E-state index contributed by atoms with van der Waals surface area (Å²) in [6, 6.07) is 7.13. The first kappa shape index (κ1) is 14.5. The van der Waals surface area contributed by atoms with Gasteiger partial charge in [0.25, 0.3) is 5.91 Å². The van der Waals surface area contributed by atoms with Gasteiger partial charge < -0.3 is 4.74 Å². The summed E-state index contributed by atoms with van der Waals surface area (Å²) in [5.41, 5.74) is 1.45. The number of hydrogen-bond donors (Lipinski definition) is 1. The summed E-state index contributed by atoms with van der Waals surface area (Å²) >= 11 is 1.43. The molecule has 1 aromatic carbocycles. The smallest absolute Gasteiger partial charge is 0.261 e. The Morgan fingerprint density at radius 1 is 1.30 bits per heavy atom. The van der Waals surface area contributed by atoms with Crippen molar-refractivity contribution in [2.75, 3.05) is 12.4 Å². The lowest BCUT2D eigenvalue weighted by Crippen LogP contribution is -2.14. The standard InChI is InChI=1S/C15H18N2O2S/c1-15(2,3)12-9-20-14(16-12)17-13(18)10-7-5-6-8-11(10)19-4/h5-9H,1-4H3,(H,16,17,18). The zero-order chi connectivity index (χ0) is 14.8. The highest BCUT2D eigenvalue weighted by Gasteiger charge is 2.19. The van der Waals surface area contributed by atoms with E-state index in [4.69, 9.17) is 4.74 Å². The van der Waals surface area contributed by atoms with E-state index in [1.165, 1.54) is 11.3 Å². The molecule has 0 saturated heterocycles. The molecular formula is C15H18N2O2S. The summed E-state index contributed by atoms with van der Waals surface area (Å²) in [5, 5.41) is 5.39. The maximum absolute atomic E-state index is 12.2. The number of carbonyl (C=O) groups is 1. The van der Waals surface area contributed by atoms with Crippen molar-refractivity contribution in [3.8, 4) is 5.75 Å². The number of carbonyl (C=O) groups excluding carboxylic acids is 1. The Bertz CT molecular complexity index is 614. The molecule has 5 heteroatoms. The molecule has 2 rings (SSSR count). The number of amides is 1. The van der Waals surface area contributed by atoms with E-state index in [0.717, 1.165) is 5.69 Å². The quantitative estimate of drug-likeness (QED) is 0.937. The van der Waals surface area contributed by atoms with Gasteiger partial charge in [0.1, 0.15) is 5.75 Å². The number of methoxy groups -OCH3 is 1. The third-order valence-corrected chi connectivity index (χ3v) is 3.60. The Balaban J connectivity index is 2.18. The Morgan fingerprint density at radius 2 is 2.00 bits per heavy atom. The van der Waals surface area contributed by atoms with Crippen molar-refractivity contribution < 1.29 is 9.53 Å². The third kappa shape index (κ3) is 3.17. The van der Waals surface area contributed by atoms with E-state index >= 15 is 0 Å². The molecule has 0 unspecified atom stereocenters. The summed E-state index contributed by atoms with van der Waals surface area (Å²) in [6.07, 6.45) is 0. The van der Waals surface area contributed by atoms with E-state index in [9.17, 15) is 4.79 Å². The lowest BCUT2D eigenvalue weighted by atomic mass is 9.93. The highest BCUT2D eigenvalue weighted by Crippen LogP contribution is 2.27. The average molecular weight is 290 g/mol. The summed E-state index contributed by atoms with van der Waals surface area (Å²) in [5.74, 6) is 0.342. The monoisotopic (exact) mass is 290 g/mol. The number of anilines is 1. The molecule has 1 N–H and O–H groups in total. The number of nitrogens with zero attached hydrogens (tertiary/aromatic N) is 1. The first-order valence-corrected chi connectivity index (χ1v) is 7.20. The normalized spacial score (nSPS) is 11.2. The second-order valence-corrected chi connectivity index (χ2v) is 6.30. The van der Waals surface area contributed by atoms with Crippen LogP contribution in [-0.4, -0.2) is 18.0 Å². The molecule has 1 aromatic heterocycles. The van der Waals surface area contributed by atoms with Crippen molar-refractivity contribution in [1.29, 1.82) is 0 Å². The topological polar surface area (TPSA) is 51.2 Å². The molecule has 2 aromatic rings. The van der Waals surface area contributed by atoms with Crippen LogP contribution < -0.4 is 10.1 Å². The minimum atomic E-state index is -0.211. The highest BCUT2D eigenvalue weighted by atomic mass is 32.1. The minimum Gasteiger partial charge on any atom is -0.496 e. The van der Waals surface area contributed by atoms with E-state index < -0.39 is 0 Å². The van der Waals surface area contributed by atoms with Gasteiger partial charge in [-0.05, 0) is 12.1 Å². The average Bonchev–Trinajstić information content (AvgIpc) is 2.87. The number of aromatic nitrogens is 1. The Kier molecular flexibility index (Phi) is 4.09. The predicted octanol–water partition coefficient (Wildman–Crippen LogP) is 3.70. The second kappa shape index (κ2) is 5.63. The molecule has 0 atom stereocenters. The summed E-state index contributed by atoms with van der Waals surface area (Å²) in [6.45, 7) is 6.27. The van der Waals surface area contributed by atoms with Crippen LogP contribution in [0.4, 0.5) is 5.13 Å². The molecule has 0 spiro atoms. The molecule has 20 heavy (non-hydrogen) atoms. The largest absolute Gasteiger partial charge is 0.496 e. The number of thiazole rings is 1. The van der Waals surface area contributed by atoms with Crippen LogP contribution in [0, 0.1) is 0 Å². The van der Waals surface area contributed by atoms with Gasteiger partial charge in [0.05, 0.1) is 18.4 Å². The van der Waals surface area contributed by atoms with Gasteiger partial charge in [0.15, 0.2) is 5.13 Å². The van der Waals surface area contributed by atoms with Crippen molar-refractivity contribution in [2.24, 2.45) is 0 Å². The van der Waals surface area contributed by atoms with E-state index in [-0.39, 0.29) is 11.3 Å². The van der Waals surface area contributed by atoms with Gasteiger partial charge >= 0.3 is 0 Å². The van der Waals surface area contributed by atoms with E-state index in [0.29, 0.717) is 16.4 Å². The van der Waals surface area contributed by atoms with Gasteiger partial charge in [-0.3, -0.25) is 10.1 Å². The Labute approximate surface area is 122 Å². The van der Waals surface area contributed by atoms with Crippen LogP contribution in [-0.2, 0) is 5.41 Å². The molecule has 0 aliphatic carbocycles. The van der Waals surface area contributed by atoms with Gasteiger partial charge in [-0.25, -0.2) is 4.98 Å². The van der Waals surface area contributed by atoms with Crippen molar-refractivity contribution in [1.82, 2.24) is 4.98 Å². The zero-order valence-corrected chi connectivity index (χ0v) is 12.9. The summed E-state index contributed by atoms with van der Waals surface area (Å²) < 4.78 is 5.19. The number of benzene rings is 1. The van der Waals surface area contributed by atoms with E-state index in [1.54, 1.807) is 25.3 Å². The molecule has 0 bridgehead atoms. The van der Waals surface area contributed by atoms with Gasteiger partial charge in [-0.1, -0.05) is 32.9 Å². The van der Waals surface area contributed by atoms with Crippen LogP contribution in [0.3, 0.4) is 0 Å². The van der Waals surface area contributed by atoms with Crippen LogP contribution in [0.1, 0.15) is 36.8 Å². The van der Waals surface area contributed by atoms with Crippen molar-refractivity contribution in [2.45, 2.75) is 26.2 Å². The highest BCUT2D eigenvalue weighted by molar-refractivity contribution is 7.14.